The van der Waals surface area contributed by atoms with E-state index in [2.05, 4.69) is 0 Å². The highest BCUT2D eigenvalue weighted by molar-refractivity contribution is 6.33. The zero-order valence-electron chi connectivity index (χ0n) is 13.3. The fourth-order valence-corrected chi connectivity index (χ4v) is 3.20. The first kappa shape index (κ1) is 17.6. The molecule has 3 nitrogen and oxygen atoms in total. The number of carbonyl (C=O) groups is 1. The Kier molecular flexibility index (Phi) is 4.90. The van der Waals surface area contributed by atoms with Crippen LogP contribution in [-0.2, 0) is 6.18 Å². The van der Waals surface area contributed by atoms with Gasteiger partial charge in [0.15, 0.2) is 0 Å². The predicted molar refractivity (Wildman–Crippen MR) is 91.0 cm³/mol. The standard InChI is InChI=1S/C18H16ClF3N2O/c19-15-7-3-4-8-16(15)23-9-11-24(12-10-23)17(25)13-5-1-2-6-14(13)18(20,21)22/h1-8H,9-12H2. The van der Waals surface area contributed by atoms with Crippen LogP contribution in [0.5, 0.6) is 0 Å². The fraction of sp³-hybridized carbons (Fsp3) is 0.278. The maximum absolute atomic E-state index is 13.1. The molecule has 132 valence electrons. The molecule has 2 aromatic rings. The van der Waals surface area contributed by atoms with Crippen LogP contribution in [0.1, 0.15) is 15.9 Å². The van der Waals surface area contributed by atoms with Crippen LogP contribution in [0, 0.1) is 0 Å². The summed E-state index contributed by atoms with van der Waals surface area (Å²) in [6.45, 7) is 1.72. The van der Waals surface area contributed by atoms with Crippen molar-refractivity contribution in [1.29, 1.82) is 0 Å². The third kappa shape index (κ3) is 3.74. The Balaban J connectivity index is 1.74. The van der Waals surface area contributed by atoms with E-state index in [0.29, 0.717) is 31.2 Å². The molecule has 0 aromatic heterocycles. The number of piperazine rings is 1. The summed E-state index contributed by atoms with van der Waals surface area (Å²) in [7, 11) is 0. The quantitative estimate of drug-likeness (QED) is 0.788. The van der Waals surface area contributed by atoms with Gasteiger partial charge in [0.25, 0.3) is 5.91 Å². The largest absolute Gasteiger partial charge is 0.417 e. The van der Waals surface area contributed by atoms with Gasteiger partial charge in [0.2, 0.25) is 0 Å². The zero-order chi connectivity index (χ0) is 18.0. The van der Waals surface area contributed by atoms with Crippen LogP contribution < -0.4 is 4.90 Å². The molecule has 0 bridgehead atoms. The minimum absolute atomic E-state index is 0.304. The number of alkyl halides is 3. The molecule has 1 aliphatic heterocycles. The van der Waals surface area contributed by atoms with E-state index in [0.717, 1.165) is 11.8 Å². The van der Waals surface area contributed by atoms with Crippen LogP contribution in [0.25, 0.3) is 0 Å². The van der Waals surface area contributed by atoms with Gasteiger partial charge < -0.3 is 9.80 Å². The summed E-state index contributed by atoms with van der Waals surface area (Å²) in [4.78, 5) is 16.0. The van der Waals surface area contributed by atoms with E-state index in [4.69, 9.17) is 11.6 Å². The lowest BCUT2D eigenvalue weighted by atomic mass is 10.1. The molecule has 2 aromatic carbocycles. The third-order valence-corrected chi connectivity index (χ3v) is 4.54. The Bertz CT molecular complexity index is 771. The molecule has 1 fully saturated rings. The number of para-hydroxylation sites is 1. The number of benzene rings is 2. The van der Waals surface area contributed by atoms with Crippen molar-refractivity contribution < 1.29 is 18.0 Å². The first-order valence-electron chi connectivity index (χ1n) is 7.83. The van der Waals surface area contributed by atoms with E-state index < -0.39 is 17.6 Å². The lowest BCUT2D eigenvalue weighted by molar-refractivity contribution is -0.138. The topological polar surface area (TPSA) is 23.6 Å². The molecule has 1 amide bonds. The SMILES string of the molecule is O=C(c1ccccc1C(F)(F)F)N1CCN(c2ccccc2Cl)CC1. The molecule has 7 heteroatoms. The highest BCUT2D eigenvalue weighted by Gasteiger charge is 2.36. The molecule has 0 spiro atoms. The van der Waals surface area contributed by atoms with E-state index in [9.17, 15) is 18.0 Å². The first-order valence-corrected chi connectivity index (χ1v) is 8.20. The maximum Gasteiger partial charge on any atom is 0.417 e. The highest BCUT2D eigenvalue weighted by Crippen LogP contribution is 2.33. The molecule has 1 heterocycles. The molecule has 3 rings (SSSR count). The number of hydrogen-bond acceptors (Lipinski definition) is 2. The lowest BCUT2D eigenvalue weighted by Gasteiger charge is -2.36. The van der Waals surface area contributed by atoms with Gasteiger partial charge in [-0.15, -0.1) is 0 Å². The second kappa shape index (κ2) is 6.96. The lowest BCUT2D eigenvalue weighted by Crippen LogP contribution is -2.49. The van der Waals surface area contributed by atoms with Gasteiger partial charge in [0, 0.05) is 26.2 Å². The normalized spacial score (nSPS) is 15.4. The number of rotatable bonds is 2. The van der Waals surface area contributed by atoms with Crippen molar-refractivity contribution in [3.63, 3.8) is 0 Å². The average molecular weight is 369 g/mol. The molecule has 1 saturated heterocycles. The Labute approximate surface area is 148 Å². The fourth-order valence-electron chi connectivity index (χ4n) is 2.95. The van der Waals surface area contributed by atoms with Crippen LogP contribution >= 0.6 is 11.6 Å². The predicted octanol–water partition coefficient (Wildman–Crippen LogP) is 4.32. The van der Waals surface area contributed by atoms with E-state index >= 15 is 0 Å². The highest BCUT2D eigenvalue weighted by atomic mass is 35.5. The van der Waals surface area contributed by atoms with Gasteiger partial charge in [-0.3, -0.25) is 4.79 Å². The summed E-state index contributed by atoms with van der Waals surface area (Å²) >= 11 is 6.18. The second-order valence-corrected chi connectivity index (χ2v) is 6.18. The number of hydrogen-bond donors (Lipinski definition) is 0. The number of carbonyl (C=O) groups excluding carboxylic acids is 1. The van der Waals surface area contributed by atoms with Gasteiger partial charge in [0.1, 0.15) is 0 Å². The van der Waals surface area contributed by atoms with E-state index in [-0.39, 0.29) is 5.56 Å². The van der Waals surface area contributed by atoms with Gasteiger partial charge in [0.05, 0.1) is 21.8 Å². The summed E-state index contributed by atoms with van der Waals surface area (Å²) in [5, 5.41) is 0.615. The van der Waals surface area contributed by atoms with Gasteiger partial charge >= 0.3 is 6.18 Å². The van der Waals surface area contributed by atoms with E-state index in [1.54, 1.807) is 6.07 Å². The molecule has 0 unspecified atom stereocenters. The van der Waals surface area contributed by atoms with Crippen molar-refractivity contribution in [2.24, 2.45) is 0 Å². The minimum atomic E-state index is -4.55. The van der Waals surface area contributed by atoms with Gasteiger partial charge in [-0.1, -0.05) is 35.9 Å². The Hall–Kier alpha value is -2.21. The average Bonchev–Trinajstić information content (AvgIpc) is 2.61. The smallest absolute Gasteiger partial charge is 0.367 e. The monoisotopic (exact) mass is 368 g/mol. The molecule has 0 aliphatic carbocycles. The van der Waals surface area contributed by atoms with Crippen LogP contribution in [0.15, 0.2) is 48.5 Å². The third-order valence-electron chi connectivity index (χ3n) is 4.22. The van der Waals surface area contributed by atoms with E-state index in [1.807, 2.05) is 23.1 Å². The Morgan fingerprint density at radius 1 is 0.920 bits per heavy atom. The molecule has 1 aliphatic rings. The van der Waals surface area contributed by atoms with Gasteiger partial charge in [-0.2, -0.15) is 13.2 Å². The van der Waals surface area contributed by atoms with Gasteiger partial charge in [-0.05, 0) is 24.3 Å². The Morgan fingerprint density at radius 3 is 2.16 bits per heavy atom. The van der Waals surface area contributed by atoms with Crippen molar-refractivity contribution in [3.05, 3.63) is 64.7 Å². The molecule has 0 radical (unpaired) electrons. The number of amides is 1. The van der Waals surface area contributed by atoms with Crippen LogP contribution in [-0.4, -0.2) is 37.0 Å². The van der Waals surface area contributed by atoms with Gasteiger partial charge in [-0.25, -0.2) is 0 Å². The summed E-state index contributed by atoms with van der Waals surface area (Å²) in [5.74, 6) is -0.591. The van der Waals surface area contributed by atoms with Crippen LogP contribution in [0.4, 0.5) is 18.9 Å². The molecule has 25 heavy (non-hydrogen) atoms. The van der Waals surface area contributed by atoms with E-state index in [1.165, 1.54) is 23.1 Å². The summed E-state index contributed by atoms with van der Waals surface area (Å²) in [5.41, 5.74) is -0.332. The van der Waals surface area contributed by atoms with Crippen molar-refractivity contribution in [2.75, 3.05) is 31.1 Å². The van der Waals surface area contributed by atoms with Crippen molar-refractivity contribution in [3.8, 4) is 0 Å². The maximum atomic E-state index is 13.1. The zero-order valence-corrected chi connectivity index (χ0v) is 14.0. The van der Waals surface area contributed by atoms with Crippen LogP contribution in [0.3, 0.4) is 0 Å². The Morgan fingerprint density at radius 2 is 1.52 bits per heavy atom. The summed E-state index contributed by atoms with van der Waals surface area (Å²) < 4.78 is 39.3. The molecular weight excluding hydrogens is 353 g/mol. The number of halogens is 4. The first-order chi connectivity index (χ1) is 11.9. The molecular formula is C18H16ClF3N2O. The number of anilines is 1. The minimum Gasteiger partial charge on any atom is -0.367 e. The summed E-state index contributed by atoms with van der Waals surface area (Å²) in [6.07, 6.45) is -4.55. The molecule has 0 atom stereocenters. The second-order valence-electron chi connectivity index (χ2n) is 5.77. The number of nitrogens with zero attached hydrogens (tertiary/aromatic N) is 2. The van der Waals surface area contributed by atoms with Crippen molar-refractivity contribution in [1.82, 2.24) is 4.90 Å². The van der Waals surface area contributed by atoms with Crippen LogP contribution in [0.2, 0.25) is 5.02 Å². The molecule has 0 saturated carbocycles. The van der Waals surface area contributed by atoms with Crippen molar-refractivity contribution >= 4 is 23.2 Å². The van der Waals surface area contributed by atoms with Crippen molar-refractivity contribution in [2.45, 2.75) is 6.18 Å². The molecule has 0 N–H and O–H groups in total. The summed E-state index contributed by atoms with van der Waals surface area (Å²) in [6, 6.07) is 12.3.